The van der Waals surface area contributed by atoms with E-state index < -0.39 is 0 Å². The maximum atomic E-state index is 9.26. The molecule has 0 aromatic rings. The van der Waals surface area contributed by atoms with Crippen molar-refractivity contribution in [1.82, 2.24) is 0 Å². The third-order valence-electron chi connectivity index (χ3n) is 2.31. The molecule has 0 aliphatic heterocycles. The van der Waals surface area contributed by atoms with E-state index in [0.29, 0.717) is 5.92 Å². The van der Waals surface area contributed by atoms with Gasteiger partial charge in [0, 0.05) is 0 Å². The van der Waals surface area contributed by atoms with Crippen molar-refractivity contribution >= 4 is 0 Å². The summed E-state index contributed by atoms with van der Waals surface area (Å²) in [5.41, 5.74) is 1.30. The molecule has 2 aliphatic rings. The van der Waals surface area contributed by atoms with Crippen LogP contribution < -0.4 is 0 Å². The Bertz CT molecular complexity index is 137. The van der Waals surface area contributed by atoms with Crippen LogP contribution in [-0.4, -0.2) is 11.2 Å². The van der Waals surface area contributed by atoms with Crippen LogP contribution in [0.4, 0.5) is 0 Å². The Morgan fingerprint density at radius 1 is 1.62 bits per heavy atom. The van der Waals surface area contributed by atoms with Crippen LogP contribution in [-0.2, 0) is 0 Å². The minimum absolute atomic E-state index is 0.0463. The molecule has 2 aliphatic carbocycles. The molecule has 0 aromatic carbocycles. The fourth-order valence-electron chi connectivity index (χ4n) is 1.73. The predicted molar refractivity (Wildman–Crippen MR) is 31.4 cm³/mol. The first kappa shape index (κ1) is 4.57. The molecule has 0 spiro atoms. The van der Waals surface area contributed by atoms with Crippen LogP contribution in [0.1, 0.15) is 19.3 Å². The van der Waals surface area contributed by atoms with Gasteiger partial charge in [-0.25, -0.2) is 0 Å². The van der Waals surface area contributed by atoms with Crippen LogP contribution in [0.3, 0.4) is 0 Å². The second kappa shape index (κ2) is 1.35. The molecule has 0 heterocycles. The Labute approximate surface area is 49.0 Å². The molecule has 1 nitrogen and oxygen atoms in total. The van der Waals surface area contributed by atoms with Crippen LogP contribution in [0.2, 0.25) is 0 Å². The normalized spacial score (nSPS) is 42.9. The van der Waals surface area contributed by atoms with Gasteiger partial charge in [0.15, 0.2) is 0 Å². The fraction of sp³-hybridized carbons (Fsp3) is 0.714. The highest BCUT2D eigenvalue weighted by Crippen LogP contribution is 2.39. The van der Waals surface area contributed by atoms with Crippen LogP contribution in [0.25, 0.3) is 0 Å². The lowest BCUT2D eigenvalue weighted by Gasteiger charge is -2.03. The summed E-state index contributed by atoms with van der Waals surface area (Å²) >= 11 is 0. The molecular weight excluding hydrogens is 100 g/mol. The lowest BCUT2D eigenvalue weighted by Crippen LogP contribution is -2.07. The Kier molecular flexibility index (Phi) is 0.770. The van der Waals surface area contributed by atoms with E-state index in [1.165, 1.54) is 12.0 Å². The monoisotopic (exact) mass is 110 g/mol. The molecule has 8 heavy (non-hydrogen) atoms. The Morgan fingerprint density at radius 3 is 2.62 bits per heavy atom. The van der Waals surface area contributed by atoms with Crippen molar-refractivity contribution in [2.75, 3.05) is 0 Å². The molecule has 0 saturated heterocycles. The number of aliphatic hydroxyl groups excluding tert-OH is 1. The van der Waals surface area contributed by atoms with E-state index >= 15 is 0 Å². The molecular formula is C7H10O. The molecule has 2 bridgehead atoms. The van der Waals surface area contributed by atoms with Gasteiger partial charge >= 0.3 is 0 Å². The van der Waals surface area contributed by atoms with Crippen molar-refractivity contribution < 1.29 is 5.11 Å². The van der Waals surface area contributed by atoms with E-state index in [4.69, 9.17) is 0 Å². The second-order valence-corrected chi connectivity index (χ2v) is 2.76. The van der Waals surface area contributed by atoms with Crippen molar-refractivity contribution in [3.05, 3.63) is 11.6 Å². The quantitative estimate of drug-likeness (QED) is 0.463. The summed E-state index contributed by atoms with van der Waals surface area (Å²) in [6.07, 6.45) is 5.67. The Morgan fingerprint density at radius 2 is 2.50 bits per heavy atom. The topological polar surface area (TPSA) is 20.2 Å². The Hall–Kier alpha value is -0.300. The zero-order chi connectivity index (χ0) is 5.56. The molecule has 44 valence electrons. The maximum Gasteiger partial charge on any atom is 0.0781 e. The number of hydrogen-bond acceptors (Lipinski definition) is 1. The number of rotatable bonds is 0. The van der Waals surface area contributed by atoms with Gasteiger partial charge in [-0.15, -0.1) is 0 Å². The van der Waals surface area contributed by atoms with Crippen molar-refractivity contribution in [3.63, 3.8) is 0 Å². The SMILES string of the molecule is OC1C2=CCC1CC2. The first-order valence-corrected chi connectivity index (χ1v) is 3.25. The summed E-state index contributed by atoms with van der Waals surface area (Å²) in [6.45, 7) is 0. The minimum Gasteiger partial charge on any atom is -0.388 e. The summed E-state index contributed by atoms with van der Waals surface area (Å²) in [5, 5.41) is 9.26. The van der Waals surface area contributed by atoms with Gasteiger partial charge in [-0.05, 0) is 30.8 Å². The van der Waals surface area contributed by atoms with Crippen molar-refractivity contribution in [1.29, 1.82) is 0 Å². The predicted octanol–water partition coefficient (Wildman–Crippen LogP) is 1.09. The van der Waals surface area contributed by atoms with E-state index in [2.05, 4.69) is 6.08 Å². The summed E-state index contributed by atoms with van der Waals surface area (Å²) in [6, 6.07) is 0. The molecule has 1 fully saturated rings. The molecule has 0 amide bonds. The van der Waals surface area contributed by atoms with Gasteiger partial charge < -0.3 is 5.11 Å². The van der Waals surface area contributed by atoms with E-state index in [1.54, 1.807) is 0 Å². The van der Waals surface area contributed by atoms with Gasteiger partial charge in [0.2, 0.25) is 0 Å². The van der Waals surface area contributed by atoms with E-state index in [0.717, 1.165) is 12.8 Å². The number of allylic oxidation sites excluding steroid dienone is 1. The number of hydrogen-bond donors (Lipinski definition) is 1. The summed E-state index contributed by atoms with van der Waals surface area (Å²) in [5.74, 6) is 0.602. The average molecular weight is 110 g/mol. The standard InChI is InChI=1S/C7H10O/c8-7-5-1-2-6(7)4-3-5/h1,6-8H,2-4H2. The van der Waals surface area contributed by atoms with Crippen LogP contribution >= 0.6 is 0 Å². The lowest BCUT2D eigenvalue weighted by atomic mass is 10.1. The van der Waals surface area contributed by atoms with Crippen LogP contribution in [0.15, 0.2) is 11.6 Å². The van der Waals surface area contributed by atoms with Gasteiger partial charge in [0.1, 0.15) is 0 Å². The average Bonchev–Trinajstić information content (AvgIpc) is 2.29. The molecule has 2 rings (SSSR count). The first-order valence-electron chi connectivity index (χ1n) is 3.25. The highest BCUT2D eigenvalue weighted by molar-refractivity contribution is 5.21. The van der Waals surface area contributed by atoms with Gasteiger partial charge in [-0.1, -0.05) is 6.08 Å². The third-order valence-corrected chi connectivity index (χ3v) is 2.31. The van der Waals surface area contributed by atoms with Crippen molar-refractivity contribution in [3.8, 4) is 0 Å². The van der Waals surface area contributed by atoms with Crippen molar-refractivity contribution in [2.45, 2.75) is 25.4 Å². The second-order valence-electron chi connectivity index (χ2n) is 2.76. The van der Waals surface area contributed by atoms with E-state index in [9.17, 15) is 5.11 Å². The van der Waals surface area contributed by atoms with Gasteiger partial charge in [-0.2, -0.15) is 0 Å². The highest BCUT2D eigenvalue weighted by atomic mass is 16.3. The summed E-state index contributed by atoms with van der Waals surface area (Å²) in [7, 11) is 0. The first-order chi connectivity index (χ1) is 3.88. The largest absolute Gasteiger partial charge is 0.388 e. The van der Waals surface area contributed by atoms with Crippen LogP contribution in [0, 0.1) is 5.92 Å². The molecule has 1 saturated carbocycles. The minimum atomic E-state index is -0.0463. The molecule has 0 radical (unpaired) electrons. The number of aliphatic hydroxyl groups is 1. The lowest BCUT2D eigenvalue weighted by molar-refractivity contribution is 0.175. The molecule has 0 aromatic heterocycles. The van der Waals surface area contributed by atoms with Gasteiger partial charge in [0.05, 0.1) is 6.10 Å². The fourth-order valence-corrected chi connectivity index (χ4v) is 1.73. The van der Waals surface area contributed by atoms with Crippen molar-refractivity contribution in [2.24, 2.45) is 5.92 Å². The summed E-state index contributed by atoms with van der Waals surface area (Å²) in [4.78, 5) is 0. The third kappa shape index (κ3) is 0.402. The maximum absolute atomic E-state index is 9.26. The zero-order valence-corrected chi connectivity index (χ0v) is 4.80. The Balaban J connectivity index is 2.31. The van der Waals surface area contributed by atoms with Gasteiger partial charge in [-0.3, -0.25) is 0 Å². The smallest absolute Gasteiger partial charge is 0.0781 e. The highest BCUT2D eigenvalue weighted by Gasteiger charge is 2.33. The van der Waals surface area contributed by atoms with E-state index in [-0.39, 0.29) is 6.10 Å². The molecule has 1 heteroatoms. The zero-order valence-electron chi connectivity index (χ0n) is 4.80. The van der Waals surface area contributed by atoms with Crippen LogP contribution in [0.5, 0.6) is 0 Å². The molecule has 2 unspecified atom stereocenters. The molecule has 2 atom stereocenters. The number of fused-ring (bicyclic) bond motifs is 2. The molecule has 1 N–H and O–H groups in total. The van der Waals surface area contributed by atoms with Gasteiger partial charge in [0.25, 0.3) is 0 Å². The summed E-state index contributed by atoms with van der Waals surface area (Å²) < 4.78 is 0. The van der Waals surface area contributed by atoms with E-state index in [1.807, 2.05) is 0 Å².